The quantitative estimate of drug-likeness (QED) is 0.188. The van der Waals surface area contributed by atoms with E-state index in [0.717, 1.165) is 18.3 Å². The van der Waals surface area contributed by atoms with Crippen molar-refractivity contribution in [1.82, 2.24) is 15.6 Å². The molecule has 4 rings (SSSR count). The number of nitrogens with two attached hydrogens (primary N) is 1. The number of carbonyl (C=O) groups is 2. The number of amides is 2. The fourth-order valence-corrected chi connectivity index (χ4v) is 5.11. The van der Waals surface area contributed by atoms with Crippen LogP contribution in [0.5, 0.6) is 5.75 Å². The van der Waals surface area contributed by atoms with Gasteiger partial charge in [-0.25, -0.2) is 9.18 Å². The average molecular weight is 688 g/mol. The van der Waals surface area contributed by atoms with E-state index >= 15 is 4.39 Å². The first kappa shape index (κ1) is 36.2. The Kier molecular flexibility index (Phi) is 12.0. The summed E-state index contributed by atoms with van der Waals surface area (Å²) >= 11 is 0. The van der Waals surface area contributed by atoms with E-state index < -0.39 is 66.8 Å². The summed E-state index contributed by atoms with van der Waals surface area (Å²) in [5, 5.41) is 7.68. The van der Waals surface area contributed by atoms with Gasteiger partial charge in [0.2, 0.25) is 5.91 Å². The number of nitrogens with zero attached hydrogens (tertiary/aromatic N) is 1. The van der Waals surface area contributed by atoms with Crippen molar-refractivity contribution in [3.05, 3.63) is 89.5 Å². The fourth-order valence-electron chi connectivity index (χ4n) is 5.11. The molecule has 1 aliphatic rings. The molecule has 0 spiro atoms. The highest BCUT2D eigenvalue weighted by Crippen LogP contribution is 2.33. The maximum atomic E-state index is 15.2. The zero-order chi connectivity index (χ0) is 34.9. The molecule has 1 saturated heterocycles. The van der Waals surface area contributed by atoms with Gasteiger partial charge in [-0.15, -0.1) is 13.2 Å². The standard InChI is InChI=1S/C31H32F7N5O5/c32-24-13-40-14-25(23(24)11-10-22-12-41-20(15-46-22)16-47-29(45)42-17-30(33,34)35)43-27(28(39)44)26(18-4-2-1-3-5-18)19-6-8-21(9-7-19)48-31(36,37)38/h1-9,13-14,20,22,26-27,41,43H,10-12,15-17H2,(H2,39,44)(H,42,45)/t20-,22+,26?,27-/m0/s1. The number of rotatable bonds is 13. The monoisotopic (exact) mass is 687 g/mol. The number of nitrogens with one attached hydrogen (secondary N) is 3. The Morgan fingerprint density at radius 2 is 1.71 bits per heavy atom. The van der Waals surface area contributed by atoms with E-state index in [0.29, 0.717) is 17.5 Å². The predicted octanol–water partition coefficient (Wildman–Crippen LogP) is 4.80. The van der Waals surface area contributed by atoms with Crippen molar-refractivity contribution >= 4 is 17.7 Å². The Morgan fingerprint density at radius 1 is 1.02 bits per heavy atom. The molecule has 1 aliphatic heterocycles. The molecule has 2 heterocycles. The third-order valence-corrected chi connectivity index (χ3v) is 7.32. The van der Waals surface area contributed by atoms with Crippen LogP contribution in [0.3, 0.4) is 0 Å². The van der Waals surface area contributed by atoms with Gasteiger partial charge in [0, 0.05) is 18.0 Å². The summed E-state index contributed by atoms with van der Waals surface area (Å²) in [6.45, 7) is -1.43. The predicted molar refractivity (Wildman–Crippen MR) is 157 cm³/mol. The van der Waals surface area contributed by atoms with E-state index in [4.69, 9.17) is 15.2 Å². The second-order valence-electron chi connectivity index (χ2n) is 10.8. The highest BCUT2D eigenvalue weighted by Gasteiger charge is 2.33. The zero-order valence-corrected chi connectivity index (χ0v) is 25.1. The lowest BCUT2D eigenvalue weighted by molar-refractivity contribution is -0.274. The first-order chi connectivity index (χ1) is 22.7. The molecule has 17 heteroatoms. The molecule has 1 fully saturated rings. The van der Waals surface area contributed by atoms with Crippen LogP contribution >= 0.6 is 0 Å². The summed E-state index contributed by atoms with van der Waals surface area (Å²) in [6, 6.07) is 11.9. The SMILES string of the molecule is NC(=O)[C@@H](Nc1cncc(F)c1CC[C@@H]1CN[C@H](COC(=O)NCC(F)(F)F)CO1)C(c1ccccc1)c1ccc(OC(F)(F)F)cc1. The van der Waals surface area contributed by atoms with E-state index in [1.54, 1.807) is 35.6 Å². The molecule has 2 aromatic carbocycles. The molecule has 0 saturated carbocycles. The Hall–Kier alpha value is -4.64. The molecule has 48 heavy (non-hydrogen) atoms. The van der Waals surface area contributed by atoms with E-state index in [1.165, 1.54) is 18.3 Å². The summed E-state index contributed by atoms with van der Waals surface area (Å²) < 4.78 is 105. The maximum Gasteiger partial charge on any atom is 0.573 e. The van der Waals surface area contributed by atoms with Crippen LogP contribution in [-0.2, 0) is 20.7 Å². The summed E-state index contributed by atoms with van der Waals surface area (Å²) in [7, 11) is 0. The average Bonchev–Trinajstić information content (AvgIpc) is 3.03. The van der Waals surface area contributed by atoms with Crippen LogP contribution in [0.1, 0.15) is 29.0 Å². The van der Waals surface area contributed by atoms with E-state index in [9.17, 15) is 35.9 Å². The van der Waals surface area contributed by atoms with Crippen molar-refractivity contribution in [1.29, 1.82) is 0 Å². The van der Waals surface area contributed by atoms with Crippen molar-refractivity contribution in [3.63, 3.8) is 0 Å². The minimum Gasteiger partial charge on any atom is -0.448 e. The van der Waals surface area contributed by atoms with Gasteiger partial charge in [0.25, 0.3) is 0 Å². The van der Waals surface area contributed by atoms with Crippen molar-refractivity contribution < 1.29 is 54.5 Å². The van der Waals surface area contributed by atoms with Crippen LogP contribution in [0.2, 0.25) is 0 Å². The highest BCUT2D eigenvalue weighted by molar-refractivity contribution is 5.85. The lowest BCUT2D eigenvalue weighted by Crippen LogP contribution is -2.49. The molecular weight excluding hydrogens is 655 g/mol. The third kappa shape index (κ3) is 11.0. The van der Waals surface area contributed by atoms with Crippen molar-refractivity contribution in [3.8, 4) is 5.75 Å². The minimum absolute atomic E-state index is 0.0659. The largest absolute Gasteiger partial charge is 0.573 e. The summed E-state index contributed by atoms with van der Waals surface area (Å²) in [4.78, 5) is 28.3. The summed E-state index contributed by atoms with van der Waals surface area (Å²) in [6.07, 6.45) is -8.35. The molecule has 0 aliphatic carbocycles. The number of benzene rings is 2. The number of carbonyl (C=O) groups excluding carboxylic acids is 2. The normalized spacial score (nSPS) is 18.0. The molecule has 1 aromatic heterocycles. The van der Waals surface area contributed by atoms with Gasteiger partial charge in [-0.2, -0.15) is 13.2 Å². The fraction of sp³-hybridized carbons (Fsp3) is 0.387. The first-order valence-electron chi connectivity index (χ1n) is 14.6. The number of hydrogen-bond donors (Lipinski definition) is 4. The van der Waals surface area contributed by atoms with Crippen LogP contribution in [0.15, 0.2) is 67.0 Å². The molecule has 260 valence electrons. The number of primary amides is 1. The molecule has 10 nitrogen and oxygen atoms in total. The first-order valence-corrected chi connectivity index (χ1v) is 14.6. The number of alkyl carbamates (subject to hydrolysis) is 1. The molecule has 3 aromatic rings. The highest BCUT2D eigenvalue weighted by atomic mass is 19.4. The van der Waals surface area contributed by atoms with Crippen LogP contribution in [-0.4, -0.2) is 74.0 Å². The molecular formula is C31H32F7N5O5. The lowest BCUT2D eigenvalue weighted by atomic mass is 9.84. The Morgan fingerprint density at radius 3 is 2.31 bits per heavy atom. The molecule has 1 unspecified atom stereocenters. The number of alkyl halides is 6. The van der Waals surface area contributed by atoms with E-state index in [-0.39, 0.29) is 37.4 Å². The topological polar surface area (TPSA) is 137 Å². The number of ether oxygens (including phenoxy) is 3. The Balaban J connectivity index is 1.44. The molecule has 2 amide bonds. The third-order valence-electron chi connectivity index (χ3n) is 7.32. The van der Waals surface area contributed by atoms with Crippen LogP contribution in [0.4, 0.5) is 41.2 Å². The maximum absolute atomic E-state index is 15.2. The number of morpholine rings is 1. The Bertz CT molecular complexity index is 1500. The number of hydrogen-bond acceptors (Lipinski definition) is 8. The van der Waals surface area contributed by atoms with Gasteiger partial charge in [-0.3, -0.25) is 9.78 Å². The van der Waals surface area contributed by atoms with Gasteiger partial charge < -0.3 is 35.9 Å². The molecule has 5 N–H and O–H groups in total. The van der Waals surface area contributed by atoms with Crippen LogP contribution in [0, 0.1) is 5.82 Å². The van der Waals surface area contributed by atoms with Gasteiger partial charge in [-0.1, -0.05) is 42.5 Å². The second kappa shape index (κ2) is 16.0. The van der Waals surface area contributed by atoms with Gasteiger partial charge in [-0.05, 0) is 36.1 Å². The lowest BCUT2D eigenvalue weighted by Gasteiger charge is -2.31. The van der Waals surface area contributed by atoms with Crippen molar-refractivity contribution in [2.75, 3.05) is 31.6 Å². The van der Waals surface area contributed by atoms with Crippen LogP contribution < -0.4 is 26.4 Å². The van der Waals surface area contributed by atoms with Gasteiger partial charge in [0.15, 0.2) is 0 Å². The number of pyridine rings is 1. The van der Waals surface area contributed by atoms with Crippen molar-refractivity contribution in [2.45, 2.75) is 49.5 Å². The zero-order valence-electron chi connectivity index (χ0n) is 25.1. The number of aromatic nitrogens is 1. The smallest absolute Gasteiger partial charge is 0.448 e. The van der Waals surface area contributed by atoms with Gasteiger partial charge in [0.05, 0.1) is 36.8 Å². The minimum atomic E-state index is -4.90. The number of halogens is 7. The van der Waals surface area contributed by atoms with E-state index in [2.05, 4.69) is 20.4 Å². The summed E-state index contributed by atoms with van der Waals surface area (Å²) in [5.74, 6) is -2.77. The van der Waals surface area contributed by atoms with Crippen molar-refractivity contribution in [2.24, 2.45) is 5.73 Å². The molecule has 0 radical (unpaired) electrons. The number of anilines is 1. The van der Waals surface area contributed by atoms with E-state index in [1.807, 2.05) is 0 Å². The van der Waals surface area contributed by atoms with Gasteiger partial charge in [0.1, 0.15) is 30.8 Å². The molecule has 0 bridgehead atoms. The molecule has 4 atom stereocenters. The second-order valence-corrected chi connectivity index (χ2v) is 10.8. The van der Waals surface area contributed by atoms with Gasteiger partial charge >= 0.3 is 18.6 Å². The Labute approximate surface area is 270 Å². The van der Waals surface area contributed by atoms with Crippen LogP contribution in [0.25, 0.3) is 0 Å². The summed E-state index contributed by atoms with van der Waals surface area (Å²) in [5.41, 5.74) is 7.21.